The molecule has 0 aromatic heterocycles. The normalized spacial score (nSPS) is 13.1. The molecule has 4 aromatic rings. The Kier molecular flexibility index (Phi) is 7.81. The van der Waals surface area contributed by atoms with Crippen molar-refractivity contribution >= 4 is 21.9 Å². The van der Waals surface area contributed by atoms with Crippen LogP contribution in [-0.2, 0) is 30.5 Å². The molecule has 8 nitrogen and oxygen atoms in total. The number of aromatic hydroxyl groups is 1. The Labute approximate surface area is 238 Å². The number of ether oxygens (including phenoxy) is 2. The summed E-state index contributed by atoms with van der Waals surface area (Å²) in [5.41, 5.74) is 5.36. The Morgan fingerprint density at radius 1 is 0.902 bits per heavy atom. The number of esters is 1. The first kappa shape index (κ1) is 27.9. The van der Waals surface area contributed by atoms with E-state index in [-0.39, 0.29) is 40.0 Å². The van der Waals surface area contributed by atoms with E-state index in [1.54, 1.807) is 12.1 Å². The van der Waals surface area contributed by atoms with Crippen molar-refractivity contribution in [3.63, 3.8) is 0 Å². The molecule has 0 unspecified atom stereocenters. The van der Waals surface area contributed by atoms with Crippen molar-refractivity contribution in [3.8, 4) is 16.9 Å². The highest BCUT2D eigenvalue weighted by atomic mass is 32.2. The number of nitrogens with one attached hydrogen (secondary N) is 1. The molecule has 0 saturated heterocycles. The first-order valence-electron chi connectivity index (χ1n) is 13.0. The molecule has 5 rings (SSSR count). The zero-order valence-electron chi connectivity index (χ0n) is 22.5. The Balaban J connectivity index is 1.35. The highest BCUT2D eigenvalue weighted by Crippen LogP contribution is 2.44. The number of phenols is 1. The minimum absolute atomic E-state index is 0.0362. The van der Waals surface area contributed by atoms with Crippen molar-refractivity contribution in [2.24, 2.45) is 0 Å². The van der Waals surface area contributed by atoms with E-state index in [1.807, 2.05) is 55.5 Å². The van der Waals surface area contributed by atoms with Gasteiger partial charge in [-0.2, -0.15) is 0 Å². The molecule has 2 N–H and O–H groups in total. The number of carbonyl (C=O) groups excluding carboxylic acids is 2. The highest BCUT2D eigenvalue weighted by Gasteiger charge is 2.31. The summed E-state index contributed by atoms with van der Waals surface area (Å²) in [5.74, 6) is -1.20. The van der Waals surface area contributed by atoms with Crippen LogP contribution in [-0.4, -0.2) is 45.3 Å². The number of fused-ring (bicyclic) bond motifs is 3. The van der Waals surface area contributed by atoms with Gasteiger partial charge in [0.25, 0.3) is 0 Å². The van der Waals surface area contributed by atoms with Gasteiger partial charge in [-0.25, -0.2) is 18.0 Å². The van der Waals surface area contributed by atoms with Crippen LogP contribution in [0.2, 0.25) is 0 Å². The lowest BCUT2D eigenvalue weighted by Gasteiger charge is -2.20. The minimum Gasteiger partial charge on any atom is -0.508 e. The van der Waals surface area contributed by atoms with Crippen LogP contribution in [0.3, 0.4) is 0 Å². The van der Waals surface area contributed by atoms with Crippen molar-refractivity contribution in [3.05, 3.63) is 113 Å². The molecule has 0 saturated carbocycles. The number of amides is 1. The number of rotatable bonds is 8. The van der Waals surface area contributed by atoms with Gasteiger partial charge in [0.1, 0.15) is 18.4 Å². The van der Waals surface area contributed by atoms with Crippen molar-refractivity contribution < 1.29 is 32.6 Å². The van der Waals surface area contributed by atoms with Crippen LogP contribution in [0.5, 0.6) is 5.75 Å². The average molecular weight is 572 g/mol. The SMILES string of the molecule is COC(=O)[C@H](Cc1ccc(O)cc1S(=O)(=O)c1ccc(C)cc1)NC(=O)OCC1c2ccccc2-c2ccccc21. The second-order valence-corrected chi connectivity index (χ2v) is 11.8. The van der Waals surface area contributed by atoms with E-state index in [9.17, 15) is 23.1 Å². The molecule has 0 spiro atoms. The quantitative estimate of drug-likeness (QED) is 0.281. The summed E-state index contributed by atoms with van der Waals surface area (Å²) in [4.78, 5) is 25.5. The predicted octanol–water partition coefficient (Wildman–Crippen LogP) is 5.16. The number of benzene rings is 4. The molecule has 1 aliphatic carbocycles. The Bertz CT molecular complexity index is 1670. The van der Waals surface area contributed by atoms with Gasteiger partial charge >= 0.3 is 12.1 Å². The van der Waals surface area contributed by atoms with Crippen molar-refractivity contribution in [1.82, 2.24) is 5.32 Å². The molecule has 0 bridgehead atoms. The molecule has 9 heteroatoms. The number of carbonyl (C=O) groups is 2. The summed E-state index contributed by atoms with van der Waals surface area (Å²) >= 11 is 0. The number of alkyl carbamates (subject to hydrolysis) is 1. The molecule has 0 fully saturated rings. The van der Waals surface area contributed by atoms with Gasteiger partial charge in [0.05, 0.1) is 16.9 Å². The standard InChI is InChI=1S/C32H29NO7S/c1-20-11-15-23(16-12-20)41(37,38)30-18-22(34)14-13-21(30)17-29(31(35)39-2)33-32(36)40-19-28-26-9-5-3-7-24(26)25-8-4-6-10-27(25)28/h3-16,18,28-29,34H,17,19H2,1-2H3,(H,33,36)/t29-/m0/s1. The van der Waals surface area contributed by atoms with E-state index in [0.29, 0.717) is 0 Å². The van der Waals surface area contributed by atoms with Crippen LogP contribution in [0.15, 0.2) is 101 Å². The van der Waals surface area contributed by atoms with Crippen LogP contribution in [0.25, 0.3) is 11.1 Å². The van der Waals surface area contributed by atoms with Gasteiger partial charge in [0.2, 0.25) is 9.84 Å². The van der Waals surface area contributed by atoms with Crippen LogP contribution in [0.4, 0.5) is 4.79 Å². The molecule has 4 aromatic carbocycles. The largest absolute Gasteiger partial charge is 0.508 e. The molecule has 0 aliphatic heterocycles. The lowest BCUT2D eigenvalue weighted by molar-refractivity contribution is -0.143. The fourth-order valence-corrected chi connectivity index (χ4v) is 6.66. The van der Waals surface area contributed by atoms with Crippen molar-refractivity contribution in [2.75, 3.05) is 13.7 Å². The van der Waals surface area contributed by atoms with Gasteiger partial charge in [-0.15, -0.1) is 0 Å². The fourth-order valence-electron chi connectivity index (χ4n) is 5.14. The summed E-state index contributed by atoms with van der Waals surface area (Å²) < 4.78 is 37.4. The van der Waals surface area contributed by atoms with E-state index >= 15 is 0 Å². The lowest BCUT2D eigenvalue weighted by Crippen LogP contribution is -2.43. The minimum atomic E-state index is -4.05. The molecule has 210 valence electrons. The second-order valence-electron chi connectivity index (χ2n) is 9.86. The Morgan fingerprint density at radius 3 is 2.12 bits per heavy atom. The summed E-state index contributed by atoms with van der Waals surface area (Å²) in [6.45, 7) is 1.88. The summed E-state index contributed by atoms with van der Waals surface area (Å²) in [6, 6.07) is 24.8. The van der Waals surface area contributed by atoms with Gasteiger partial charge in [0, 0.05) is 12.3 Å². The number of aryl methyl sites for hydroxylation is 1. The molecule has 1 atom stereocenters. The van der Waals surface area contributed by atoms with Crippen LogP contribution in [0.1, 0.15) is 28.2 Å². The molecular weight excluding hydrogens is 542 g/mol. The number of hydrogen-bond donors (Lipinski definition) is 2. The van der Waals surface area contributed by atoms with Gasteiger partial charge in [0.15, 0.2) is 0 Å². The van der Waals surface area contributed by atoms with Gasteiger partial charge in [-0.3, -0.25) is 0 Å². The van der Waals surface area contributed by atoms with E-state index in [2.05, 4.69) is 5.32 Å². The first-order chi connectivity index (χ1) is 19.7. The van der Waals surface area contributed by atoms with E-state index < -0.39 is 27.9 Å². The fraction of sp³-hybridized carbons (Fsp3) is 0.188. The number of sulfone groups is 1. The van der Waals surface area contributed by atoms with Gasteiger partial charge < -0.3 is 19.9 Å². The summed E-state index contributed by atoms with van der Waals surface area (Å²) in [6.07, 6.45) is -1.05. The highest BCUT2D eigenvalue weighted by molar-refractivity contribution is 7.91. The van der Waals surface area contributed by atoms with Gasteiger partial charge in [-0.05, 0) is 59.0 Å². The molecular formula is C32H29NO7S. The van der Waals surface area contributed by atoms with Crippen molar-refractivity contribution in [1.29, 1.82) is 0 Å². The Morgan fingerprint density at radius 2 is 1.51 bits per heavy atom. The molecule has 1 aliphatic rings. The third-order valence-electron chi connectivity index (χ3n) is 7.22. The third-order valence-corrected chi connectivity index (χ3v) is 9.07. The van der Waals surface area contributed by atoms with Gasteiger partial charge in [-0.1, -0.05) is 72.3 Å². The lowest BCUT2D eigenvalue weighted by atomic mass is 9.98. The van der Waals surface area contributed by atoms with E-state index in [1.165, 1.54) is 31.4 Å². The van der Waals surface area contributed by atoms with Crippen LogP contribution < -0.4 is 5.32 Å². The first-order valence-corrected chi connectivity index (χ1v) is 14.5. The number of hydrogen-bond acceptors (Lipinski definition) is 7. The monoisotopic (exact) mass is 571 g/mol. The summed E-state index contributed by atoms with van der Waals surface area (Å²) in [7, 11) is -2.87. The second kappa shape index (κ2) is 11.5. The zero-order valence-corrected chi connectivity index (χ0v) is 23.4. The maximum Gasteiger partial charge on any atom is 0.407 e. The van der Waals surface area contributed by atoms with E-state index in [0.717, 1.165) is 33.9 Å². The molecule has 1 amide bonds. The maximum absolute atomic E-state index is 13.5. The zero-order chi connectivity index (χ0) is 29.1. The van der Waals surface area contributed by atoms with Crippen LogP contribution >= 0.6 is 0 Å². The average Bonchev–Trinajstić information content (AvgIpc) is 3.30. The molecule has 41 heavy (non-hydrogen) atoms. The van der Waals surface area contributed by atoms with Crippen molar-refractivity contribution in [2.45, 2.75) is 35.1 Å². The maximum atomic E-state index is 13.5. The van der Waals surface area contributed by atoms with Crippen LogP contribution in [0, 0.1) is 6.92 Å². The number of methoxy groups -OCH3 is 1. The topological polar surface area (TPSA) is 119 Å². The molecule has 0 radical (unpaired) electrons. The van der Waals surface area contributed by atoms with E-state index in [4.69, 9.17) is 9.47 Å². The summed E-state index contributed by atoms with van der Waals surface area (Å²) in [5, 5.41) is 12.6. The Hall–Kier alpha value is -4.63. The third kappa shape index (κ3) is 5.67. The molecule has 0 heterocycles. The smallest absolute Gasteiger partial charge is 0.407 e. The predicted molar refractivity (Wildman–Crippen MR) is 152 cm³/mol. The number of phenolic OH excluding ortho intramolecular Hbond substituents is 1.